The number of hydrogen-bond acceptors (Lipinski definition) is 3. The number of benzene rings is 3. The number of hydrogen-bond donors (Lipinski definition) is 1. The minimum Gasteiger partial charge on any atom is -0.322 e. The lowest BCUT2D eigenvalue weighted by molar-refractivity contribution is 0.408. The highest BCUT2D eigenvalue weighted by molar-refractivity contribution is 7.89. The normalized spacial score (nSPS) is 11.8. The Morgan fingerprint density at radius 1 is 0.844 bits per heavy atom. The molecule has 0 radical (unpaired) electrons. The third-order valence-electron chi connectivity index (χ3n) is 5.70. The van der Waals surface area contributed by atoms with E-state index >= 15 is 0 Å². The standard InChI is InChI=1S/C26H26N2O3S/c1-19-12-13-25-22(16-19)17-23(26(29)27-25)18-28(15-14-21-9-7-6-8-20(21)2)32(30,31)24-10-4-3-5-11-24/h3-13,16-17H,14-15,18H2,1-2H3,(H,27,29). The molecule has 0 saturated heterocycles. The van der Waals surface area contributed by atoms with Crippen LogP contribution in [-0.2, 0) is 23.0 Å². The van der Waals surface area contributed by atoms with Crippen LogP contribution in [-0.4, -0.2) is 24.3 Å². The minimum atomic E-state index is -3.78. The van der Waals surface area contributed by atoms with Gasteiger partial charge in [-0.25, -0.2) is 8.42 Å². The average molecular weight is 447 g/mol. The molecule has 0 atom stereocenters. The lowest BCUT2D eigenvalue weighted by atomic mass is 10.1. The van der Waals surface area contributed by atoms with Gasteiger partial charge in [-0.3, -0.25) is 4.79 Å². The summed E-state index contributed by atoms with van der Waals surface area (Å²) in [6, 6.07) is 23.9. The second-order valence-electron chi connectivity index (χ2n) is 8.04. The zero-order chi connectivity index (χ0) is 22.7. The van der Waals surface area contributed by atoms with Crippen molar-refractivity contribution in [2.45, 2.75) is 31.7 Å². The second-order valence-corrected chi connectivity index (χ2v) is 9.98. The molecule has 3 aromatic carbocycles. The number of H-pyrrole nitrogens is 1. The Kier molecular flexibility index (Phi) is 6.26. The number of nitrogens with one attached hydrogen (secondary N) is 1. The van der Waals surface area contributed by atoms with Crippen LogP contribution in [0.4, 0.5) is 0 Å². The Morgan fingerprint density at radius 2 is 1.56 bits per heavy atom. The van der Waals surface area contributed by atoms with Crippen LogP contribution in [0.5, 0.6) is 0 Å². The van der Waals surface area contributed by atoms with Crippen LogP contribution in [0.1, 0.15) is 22.3 Å². The molecule has 164 valence electrons. The van der Waals surface area contributed by atoms with E-state index in [-0.39, 0.29) is 23.5 Å². The van der Waals surface area contributed by atoms with E-state index in [1.807, 2.05) is 56.3 Å². The molecule has 0 bridgehead atoms. The molecule has 5 nitrogen and oxygen atoms in total. The molecule has 6 heteroatoms. The van der Waals surface area contributed by atoms with Gasteiger partial charge in [0.15, 0.2) is 0 Å². The zero-order valence-electron chi connectivity index (χ0n) is 18.2. The van der Waals surface area contributed by atoms with Crippen LogP contribution in [0.3, 0.4) is 0 Å². The summed E-state index contributed by atoms with van der Waals surface area (Å²) in [4.78, 5) is 15.9. The number of fused-ring (bicyclic) bond motifs is 1. The summed E-state index contributed by atoms with van der Waals surface area (Å²) in [6.07, 6.45) is 0.559. The van der Waals surface area contributed by atoms with Gasteiger partial charge in [0.05, 0.1) is 4.90 Å². The van der Waals surface area contributed by atoms with Crippen LogP contribution < -0.4 is 5.56 Å². The van der Waals surface area contributed by atoms with Gasteiger partial charge < -0.3 is 4.98 Å². The molecule has 0 amide bonds. The molecule has 32 heavy (non-hydrogen) atoms. The third kappa shape index (κ3) is 4.66. The van der Waals surface area contributed by atoms with Gasteiger partial charge in [0, 0.05) is 24.2 Å². The monoisotopic (exact) mass is 446 g/mol. The van der Waals surface area contributed by atoms with Crippen LogP contribution >= 0.6 is 0 Å². The summed E-state index contributed by atoms with van der Waals surface area (Å²) < 4.78 is 28.4. The SMILES string of the molecule is Cc1ccc2[nH]c(=O)c(CN(CCc3ccccc3C)S(=O)(=O)c3ccccc3)cc2c1. The fourth-order valence-corrected chi connectivity index (χ4v) is 5.28. The van der Waals surface area contributed by atoms with Gasteiger partial charge in [0.1, 0.15) is 0 Å². The molecule has 1 heterocycles. The molecular formula is C26H26N2O3S. The van der Waals surface area contributed by atoms with E-state index in [2.05, 4.69) is 4.98 Å². The second kappa shape index (κ2) is 9.10. The molecule has 0 aliphatic carbocycles. The van der Waals surface area contributed by atoms with Gasteiger partial charge in [-0.1, -0.05) is 54.1 Å². The molecule has 1 aromatic heterocycles. The Bertz CT molecular complexity index is 1410. The number of pyridine rings is 1. The summed E-state index contributed by atoms with van der Waals surface area (Å²) in [6.45, 7) is 4.27. The number of rotatable bonds is 7. The first-order valence-electron chi connectivity index (χ1n) is 10.6. The largest absolute Gasteiger partial charge is 0.322 e. The van der Waals surface area contributed by atoms with Crippen molar-refractivity contribution in [3.8, 4) is 0 Å². The van der Waals surface area contributed by atoms with E-state index in [1.165, 1.54) is 4.31 Å². The van der Waals surface area contributed by atoms with Crippen molar-refractivity contribution < 1.29 is 8.42 Å². The first kappa shape index (κ1) is 22.0. The molecule has 0 unspecified atom stereocenters. The molecule has 0 fully saturated rings. The Morgan fingerprint density at radius 3 is 2.31 bits per heavy atom. The number of nitrogens with zero attached hydrogens (tertiary/aromatic N) is 1. The molecule has 1 N–H and O–H groups in total. The van der Waals surface area contributed by atoms with E-state index in [0.717, 1.165) is 27.6 Å². The molecule has 4 rings (SSSR count). The van der Waals surface area contributed by atoms with Crippen molar-refractivity contribution in [2.75, 3.05) is 6.54 Å². The number of sulfonamides is 1. The van der Waals surface area contributed by atoms with Crippen LogP contribution in [0.25, 0.3) is 10.9 Å². The van der Waals surface area contributed by atoms with Crippen LogP contribution in [0, 0.1) is 13.8 Å². The maximum atomic E-state index is 13.5. The summed E-state index contributed by atoms with van der Waals surface area (Å²) in [5.74, 6) is 0. The number of aryl methyl sites for hydroxylation is 2. The van der Waals surface area contributed by atoms with Gasteiger partial charge in [-0.05, 0) is 67.1 Å². The van der Waals surface area contributed by atoms with E-state index in [9.17, 15) is 13.2 Å². The maximum absolute atomic E-state index is 13.5. The number of aromatic amines is 1. The van der Waals surface area contributed by atoms with E-state index in [4.69, 9.17) is 0 Å². The predicted octanol–water partition coefficient (Wildman–Crippen LogP) is 4.58. The zero-order valence-corrected chi connectivity index (χ0v) is 19.0. The maximum Gasteiger partial charge on any atom is 0.252 e. The molecule has 0 aliphatic heterocycles. The highest BCUT2D eigenvalue weighted by atomic mass is 32.2. The fraction of sp³-hybridized carbons (Fsp3) is 0.192. The van der Waals surface area contributed by atoms with E-state index < -0.39 is 10.0 Å². The third-order valence-corrected chi connectivity index (χ3v) is 7.56. The van der Waals surface area contributed by atoms with Crippen molar-refractivity contribution in [3.05, 3.63) is 111 Å². The highest BCUT2D eigenvalue weighted by Gasteiger charge is 2.25. The lowest BCUT2D eigenvalue weighted by Gasteiger charge is -2.23. The van der Waals surface area contributed by atoms with Gasteiger partial charge in [0.25, 0.3) is 5.56 Å². The summed E-state index contributed by atoms with van der Waals surface area (Å²) >= 11 is 0. The van der Waals surface area contributed by atoms with E-state index in [1.54, 1.807) is 36.4 Å². The smallest absolute Gasteiger partial charge is 0.252 e. The fourth-order valence-electron chi connectivity index (χ4n) is 3.84. The lowest BCUT2D eigenvalue weighted by Crippen LogP contribution is -2.34. The van der Waals surface area contributed by atoms with Gasteiger partial charge in [-0.15, -0.1) is 0 Å². The first-order valence-corrected chi connectivity index (χ1v) is 12.0. The molecular weight excluding hydrogens is 420 g/mol. The van der Waals surface area contributed by atoms with Crippen molar-refractivity contribution in [1.29, 1.82) is 0 Å². The predicted molar refractivity (Wildman–Crippen MR) is 128 cm³/mol. The van der Waals surface area contributed by atoms with Crippen molar-refractivity contribution in [3.63, 3.8) is 0 Å². The van der Waals surface area contributed by atoms with Crippen molar-refractivity contribution in [1.82, 2.24) is 9.29 Å². The van der Waals surface area contributed by atoms with Gasteiger partial charge >= 0.3 is 0 Å². The molecule has 0 aliphatic rings. The first-order chi connectivity index (χ1) is 15.3. The van der Waals surface area contributed by atoms with Gasteiger partial charge in [-0.2, -0.15) is 4.31 Å². The van der Waals surface area contributed by atoms with Crippen LogP contribution in [0.15, 0.2) is 88.6 Å². The topological polar surface area (TPSA) is 70.2 Å². The molecule has 0 saturated carbocycles. The van der Waals surface area contributed by atoms with Crippen LogP contribution in [0.2, 0.25) is 0 Å². The van der Waals surface area contributed by atoms with E-state index in [0.29, 0.717) is 12.0 Å². The summed E-state index contributed by atoms with van der Waals surface area (Å²) in [7, 11) is -3.78. The molecule has 0 spiro atoms. The van der Waals surface area contributed by atoms with Crippen molar-refractivity contribution in [2.24, 2.45) is 0 Å². The molecule has 4 aromatic rings. The summed E-state index contributed by atoms with van der Waals surface area (Å²) in [5.41, 5.74) is 4.16. The summed E-state index contributed by atoms with van der Waals surface area (Å²) in [5, 5.41) is 0.885. The quantitative estimate of drug-likeness (QED) is 0.452. The Labute approximate surface area is 188 Å². The average Bonchev–Trinajstić information content (AvgIpc) is 2.78. The van der Waals surface area contributed by atoms with Gasteiger partial charge in [0.2, 0.25) is 10.0 Å². The minimum absolute atomic E-state index is 0.00231. The Balaban J connectivity index is 1.72. The highest BCUT2D eigenvalue weighted by Crippen LogP contribution is 2.20. The number of aromatic nitrogens is 1. The van der Waals surface area contributed by atoms with Crippen molar-refractivity contribution >= 4 is 20.9 Å². The Hall–Kier alpha value is -3.22.